The molecule has 0 spiro atoms. The first-order valence-electron chi connectivity index (χ1n) is 6.91. The van der Waals surface area contributed by atoms with Crippen molar-refractivity contribution in [2.24, 2.45) is 0 Å². The van der Waals surface area contributed by atoms with Gasteiger partial charge in [-0.3, -0.25) is 4.79 Å². The summed E-state index contributed by atoms with van der Waals surface area (Å²) in [6, 6.07) is 11.0. The van der Waals surface area contributed by atoms with Gasteiger partial charge in [0.15, 0.2) is 0 Å². The lowest BCUT2D eigenvalue weighted by molar-refractivity contribution is -0.136. The van der Waals surface area contributed by atoms with Crippen molar-refractivity contribution < 1.29 is 27.8 Å². The summed E-state index contributed by atoms with van der Waals surface area (Å²) in [4.78, 5) is 10.6. The SMILES string of the molecule is O=C(O)Cc1ccc(/C=C/c2ccc(OC(F)=C(F)F)cc2)cc1. The molecule has 2 rings (SSSR count). The standard InChI is InChI=1S/C18H13F3O3/c19-17(20)18(21)24-15-9-7-13(8-10-15)2-1-12-3-5-14(6-4-12)11-16(22)23/h1-10H,11H2,(H,22,23)/b2-1+. The van der Waals surface area contributed by atoms with Crippen LogP contribution >= 0.6 is 0 Å². The molecule has 0 radical (unpaired) electrons. The Hall–Kier alpha value is -3.02. The second-order valence-corrected chi connectivity index (χ2v) is 4.85. The number of carbonyl (C=O) groups is 1. The zero-order valence-corrected chi connectivity index (χ0v) is 12.4. The van der Waals surface area contributed by atoms with Crippen LogP contribution in [0.3, 0.4) is 0 Å². The predicted molar refractivity (Wildman–Crippen MR) is 84.1 cm³/mol. The van der Waals surface area contributed by atoms with Gasteiger partial charge in [0.05, 0.1) is 6.42 Å². The summed E-state index contributed by atoms with van der Waals surface area (Å²) in [5.41, 5.74) is 2.34. The zero-order valence-electron chi connectivity index (χ0n) is 12.4. The molecule has 3 nitrogen and oxygen atoms in total. The van der Waals surface area contributed by atoms with Crippen molar-refractivity contribution in [2.45, 2.75) is 6.42 Å². The summed E-state index contributed by atoms with van der Waals surface area (Å²) in [6.07, 6.45) is 1.04. The topological polar surface area (TPSA) is 46.5 Å². The Bertz CT molecular complexity index is 759. The Morgan fingerprint density at radius 2 is 1.42 bits per heavy atom. The minimum Gasteiger partial charge on any atom is -0.481 e. The van der Waals surface area contributed by atoms with E-state index in [-0.39, 0.29) is 12.2 Å². The third kappa shape index (κ3) is 5.31. The highest BCUT2D eigenvalue weighted by Crippen LogP contribution is 2.20. The van der Waals surface area contributed by atoms with Gasteiger partial charge >= 0.3 is 18.1 Å². The van der Waals surface area contributed by atoms with Crippen molar-refractivity contribution in [3.8, 4) is 5.75 Å². The lowest BCUT2D eigenvalue weighted by Gasteiger charge is -2.02. The summed E-state index contributed by atoms with van der Waals surface area (Å²) in [7, 11) is 0. The molecule has 0 aliphatic carbocycles. The number of rotatable bonds is 6. The molecule has 0 bridgehead atoms. The minimum absolute atomic E-state index is 0.0318. The van der Waals surface area contributed by atoms with E-state index in [9.17, 15) is 18.0 Å². The molecule has 1 N–H and O–H groups in total. The number of aliphatic carboxylic acids is 1. The monoisotopic (exact) mass is 334 g/mol. The normalized spacial score (nSPS) is 10.6. The number of carboxylic acid groups (broad SMARTS) is 1. The molecule has 0 aliphatic rings. The minimum atomic E-state index is -2.51. The second kappa shape index (κ2) is 8.01. The van der Waals surface area contributed by atoms with E-state index in [1.165, 1.54) is 12.1 Å². The van der Waals surface area contributed by atoms with E-state index in [1.807, 2.05) is 6.08 Å². The van der Waals surface area contributed by atoms with Crippen LogP contribution in [0.5, 0.6) is 5.75 Å². The molecule has 0 heterocycles. The maximum Gasteiger partial charge on any atom is 0.344 e. The number of halogens is 3. The molecule has 24 heavy (non-hydrogen) atoms. The Morgan fingerprint density at radius 1 is 0.917 bits per heavy atom. The van der Waals surface area contributed by atoms with Crippen LogP contribution in [0.2, 0.25) is 0 Å². The van der Waals surface area contributed by atoms with E-state index in [2.05, 4.69) is 4.74 Å². The summed E-state index contributed by atoms with van der Waals surface area (Å²) in [5.74, 6) is -0.921. The predicted octanol–water partition coefficient (Wildman–Crippen LogP) is 4.90. The van der Waals surface area contributed by atoms with E-state index in [0.29, 0.717) is 5.56 Å². The molecule has 2 aromatic carbocycles. The van der Waals surface area contributed by atoms with Crippen LogP contribution in [0.4, 0.5) is 13.2 Å². The molecule has 6 heteroatoms. The van der Waals surface area contributed by atoms with E-state index in [1.54, 1.807) is 42.5 Å². The molecule has 0 fully saturated rings. The lowest BCUT2D eigenvalue weighted by Crippen LogP contribution is -1.99. The summed E-state index contributed by atoms with van der Waals surface area (Å²) >= 11 is 0. The molecule has 0 unspecified atom stereocenters. The first-order chi connectivity index (χ1) is 11.4. The highest BCUT2D eigenvalue weighted by atomic mass is 19.3. The van der Waals surface area contributed by atoms with Crippen molar-refractivity contribution in [1.82, 2.24) is 0 Å². The summed E-state index contributed by atoms with van der Waals surface area (Å²) in [5, 5.41) is 8.70. The molecule has 0 aliphatic heterocycles. The summed E-state index contributed by atoms with van der Waals surface area (Å²) in [6.45, 7) is 0. The van der Waals surface area contributed by atoms with Gasteiger partial charge in [-0.25, -0.2) is 0 Å². The maximum atomic E-state index is 12.6. The van der Waals surface area contributed by atoms with Crippen molar-refractivity contribution in [3.05, 3.63) is 77.3 Å². The molecular formula is C18H13F3O3. The van der Waals surface area contributed by atoms with Gasteiger partial charge in [0, 0.05) is 0 Å². The van der Waals surface area contributed by atoms with Crippen LogP contribution in [0.25, 0.3) is 12.2 Å². The maximum absolute atomic E-state index is 12.6. The van der Waals surface area contributed by atoms with Crippen LogP contribution < -0.4 is 4.74 Å². The Morgan fingerprint density at radius 3 is 1.88 bits per heavy atom. The van der Waals surface area contributed by atoms with Crippen molar-refractivity contribution >= 4 is 18.1 Å². The number of benzene rings is 2. The Labute approximate surface area is 136 Å². The van der Waals surface area contributed by atoms with Crippen LogP contribution in [-0.2, 0) is 11.2 Å². The van der Waals surface area contributed by atoms with E-state index in [4.69, 9.17) is 5.11 Å². The van der Waals surface area contributed by atoms with Gasteiger partial charge < -0.3 is 9.84 Å². The summed E-state index contributed by atoms with van der Waals surface area (Å²) < 4.78 is 40.9. The highest BCUT2D eigenvalue weighted by molar-refractivity contribution is 5.72. The fourth-order valence-corrected chi connectivity index (χ4v) is 1.90. The number of hydrogen-bond acceptors (Lipinski definition) is 2. The van der Waals surface area contributed by atoms with Gasteiger partial charge in [0.25, 0.3) is 0 Å². The third-order valence-electron chi connectivity index (χ3n) is 3.04. The molecular weight excluding hydrogens is 321 g/mol. The molecule has 0 amide bonds. The first-order valence-corrected chi connectivity index (χ1v) is 6.91. The molecule has 0 aromatic heterocycles. The van der Waals surface area contributed by atoms with Crippen LogP contribution in [-0.4, -0.2) is 11.1 Å². The van der Waals surface area contributed by atoms with Gasteiger partial charge in [-0.05, 0) is 28.8 Å². The van der Waals surface area contributed by atoms with E-state index in [0.717, 1.165) is 11.1 Å². The smallest absolute Gasteiger partial charge is 0.344 e. The van der Waals surface area contributed by atoms with Crippen LogP contribution in [0.15, 0.2) is 60.6 Å². The van der Waals surface area contributed by atoms with Crippen LogP contribution in [0, 0.1) is 0 Å². The molecule has 0 saturated carbocycles. The Balaban J connectivity index is 2.01. The Kier molecular flexibility index (Phi) is 5.78. The number of ether oxygens (including phenoxy) is 1. The average molecular weight is 334 g/mol. The van der Waals surface area contributed by atoms with Gasteiger partial charge in [-0.15, -0.1) is 0 Å². The molecule has 0 atom stereocenters. The molecule has 124 valence electrons. The zero-order chi connectivity index (χ0) is 17.5. The second-order valence-electron chi connectivity index (χ2n) is 4.85. The fraction of sp³-hybridized carbons (Fsp3) is 0.0556. The van der Waals surface area contributed by atoms with Gasteiger partial charge in [0.2, 0.25) is 0 Å². The van der Waals surface area contributed by atoms with Gasteiger partial charge in [0.1, 0.15) is 5.75 Å². The first kappa shape index (κ1) is 17.3. The van der Waals surface area contributed by atoms with E-state index >= 15 is 0 Å². The van der Waals surface area contributed by atoms with E-state index < -0.39 is 18.1 Å². The number of hydrogen-bond donors (Lipinski definition) is 1. The van der Waals surface area contributed by atoms with Crippen molar-refractivity contribution in [2.75, 3.05) is 0 Å². The van der Waals surface area contributed by atoms with Gasteiger partial charge in [-0.1, -0.05) is 48.6 Å². The average Bonchev–Trinajstić information content (AvgIpc) is 2.55. The lowest BCUT2D eigenvalue weighted by atomic mass is 10.1. The highest BCUT2D eigenvalue weighted by Gasteiger charge is 2.07. The van der Waals surface area contributed by atoms with Crippen molar-refractivity contribution in [1.29, 1.82) is 0 Å². The third-order valence-corrected chi connectivity index (χ3v) is 3.04. The fourth-order valence-electron chi connectivity index (χ4n) is 1.90. The van der Waals surface area contributed by atoms with Crippen LogP contribution in [0.1, 0.15) is 16.7 Å². The molecule has 2 aromatic rings. The largest absolute Gasteiger partial charge is 0.481 e. The number of carboxylic acids is 1. The molecule has 0 saturated heterocycles. The van der Waals surface area contributed by atoms with Crippen molar-refractivity contribution in [3.63, 3.8) is 0 Å². The van der Waals surface area contributed by atoms with Gasteiger partial charge in [-0.2, -0.15) is 13.2 Å². The quantitative estimate of drug-likeness (QED) is 0.604.